The van der Waals surface area contributed by atoms with Crippen LogP contribution >= 0.6 is 0 Å². The third kappa shape index (κ3) is 3.50. The molecule has 1 unspecified atom stereocenters. The van der Waals surface area contributed by atoms with Gasteiger partial charge in [-0.05, 0) is 56.9 Å². The number of amides is 3. The van der Waals surface area contributed by atoms with E-state index in [-0.39, 0.29) is 11.9 Å². The van der Waals surface area contributed by atoms with Gasteiger partial charge in [0.1, 0.15) is 0 Å². The van der Waals surface area contributed by atoms with Crippen LogP contribution in [0.25, 0.3) is 0 Å². The van der Waals surface area contributed by atoms with Gasteiger partial charge in [-0.15, -0.1) is 0 Å². The zero-order valence-electron chi connectivity index (χ0n) is 15.3. The molecule has 4 fully saturated rings. The average molecular weight is 348 g/mol. The molecule has 0 aliphatic carbocycles. The van der Waals surface area contributed by atoms with Crippen molar-refractivity contribution in [2.45, 2.75) is 44.9 Å². The van der Waals surface area contributed by atoms with Crippen molar-refractivity contribution in [1.82, 2.24) is 20.0 Å². The highest BCUT2D eigenvalue weighted by Gasteiger charge is 2.40. The lowest BCUT2D eigenvalue weighted by Gasteiger charge is -2.41. The van der Waals surface area contributed by atoms with Crippen molar-refractivity contribution in [1.29, 1.82) is 0 Å². The van der Waals surface area contributed by atoms with E-state index >= 15 is 0 Å². The van der Waals surface area contributed by atoms with Crippen molar-refractivity contribution in [3.05, 3.63) is 0 Å². The largest absolute Gasteiger partial charge is 0.342 e. The van der Waals surface area contributed by atoms with Gasteiger partial charge in [0, 0.05) is 45.8 Å². The quantitative estimate of drug-likeness (QED) is 0.782. The highest BCUT2D eigenvalue weighted by Crippen LogP contribution is 2.37. The van der Waals surface area contributed by atoms with Crippen LogP contribution < -0.4 is 5.32 Å². The fourth-order valence-corrected chi connectivity index (χ4v) is 5.14. The Bertz CT molecular complexity index is 502. The summed E-state index contributed by atoms with van der Waals surface area (Å²) >= 11 is 0. The van der Waals surface area contributed by atoms with Crippen molar-refractivity contribution in [3.63, 3.8) is 0 Å². The van der Waals surface area contributed by atoms with Crippen molar-refractivity contribution < 1.29 is 9.59 Å². The Hall–Kier alpha value is -1.30. The number of likely N-dealkylation sites (tertiary alicyclic amines) is 3. The molecule has 4 heterocycles. The molecular formula is C19H32N4O2. The molecule has 3 amide bonds. The maximum Gasteiger partial charge on any atom is 0.320 e. The summed E-state index contributed by atoms with van der Waals surface area (Å²) in [5.41, 5.74) is 0.446. The first kappa shape index (κ1) is 17.1. The average Bonchev–Trinajstić information content (AvgIpc) is 3.34. The monoisotopic (exact) mass is 348 g/mol. The zero-order valence-corrected chi connectivity index (χ0v) is 15.3. The van der Waals surface area contributed by atoms with Gasteiger partial charge in [0.05, 0.1) is 5.92 Å². The Morgan fingerprint density at radius 1 is 0.840 bits per heavy atom. The van der Waals surface area contributed by atoms with Crippen molar-refractivity contribution >= 4 is 11.9 Å². The number of urea groups is 1. The van der Waals surface area contributed by atoms with Crippen molar-refractivity contribution in [2.75, 3.05) is 52.4 Å². The maximum absolute atomic E-state index is 13.0. The first-order valence-electron chi connectivity index (χ1n) is 10.2. The molecule has 4 saturated heterocycles. The Labute approximate surface area is 150 Å². The fourth-order valence-electron chi connectivity index (χ4n) is 5.14. The van der Waals surface area contributed by atoms with Crippen LogP contribution in [0.4, 0.5) is 4.79 Å². The SMILES string of the molecule is O=C(C1CCCN(C(=O)N2CCCC2)C1)N1CCC2(CCNC2)CC1. The van der Waals surface area contributed by atoms with Gasteiger partial charge in [-0.1, -0.05) is 0 Å². The lowest BCUT2D eigenvalue weighted by Crippen LogP contribution is -2.52. The molecule has 4 rings (SSSR count). The third-order valence-electron chi connectivity index (χ3n) is 6.89. The van der Waals surface area contributed by atoms with Gasteiger partial charge in [-0.3, -0.25) is 4.79 Å². The van der Waals surface area contributed by atoms with Gasteiger partial charge in [0.2, 0.25) is 5.91 Å². The van der Waals surface area contributed by atoms with Gasteiger partial charge >= 0.3 is 6.03 Å². The van der Waals surface area contributed by atoms with E-state index in [1.807, 2.05) is 9.80 Å². The standard InChI is InChI=1S/C19H32N4O2/c24-17(21-12-6-19(7-13-21)5-8-20-15-19)16-4-3-11-23(14-16)18(25)22-9-1-2-10-22/h16,20H,1-15H2. The van der Waals surface area contributed by atoms with Crippen LogP contribution in [0.1, 0.15) is 44.9 Å². The second kappa shape index (κ2) is 7.14. The molecule has 0 radical (unpaired) electrons. The lowest BCUT2D eigenvalue weighted by atomic mass is 9.77. The first-order chi connectivity index (χ1) is 12.2. The molecule has 140 valence electrons. The highest BCUT2D eigenvalue weighted by atomic mass is 16.2. The van der Waals surface area contributed by atoms with E-state index in [2.05, 4.69) is 10.2 Å². The third-order valence-corrected chi connectivity index (χ3v) is 6.89. The molecule has 0 aromatic rings. The van der Waals surface area contributed by atoms with Gasteiger partial charge in [0.25, 0.3) is 0 Å². The van der Waals surface area contributed by atoms with Crippen LogP contribution in [-0.4, -0.2) is 79.0 Å². The molecule has 1 atom stereocenters. The van der Waals surface area contributed by atoms with E-state index in [4.69, 9.17) is 0 Å². The Balaban J connectivity index is 1.31. The molecule has 4 aliphatic heterocycles. The minimum absolute atomic E-state index is 0.0102. The number of piperidine rings is 2. The molecule has 0 saturated carbocycles. The summed E-state index contributed by atoms with van der Waals surface area (Å²) < 4.78 is 0. The lowest BCUT2D eigenvalue weighted by molar-refractivity contribution is -0.139. The molecule has 1 spiro atoms. The van der Waals surface area contributed by atoms with E-state index in [0.29, 0.717) is 17.9 Å². The van der Waals surface area contributed by atoms with Gasteiger partial charge in [0.15, 0.2) is 0 Å². The maximum atomic E-state index is 13.0. The van der Waals surface area contributed by atoms with E-state index in [0.717, 1.165) is 84.3 Å². The number of hydrogen-bond acceptors (Lipinski definition) is 3. The molecule has 0 bridgehead atoms. The molecule has 25 heavy (non-hydrogen) atoms. The van der Waals surface area contributed by atoms with E-state index in [9.17, 15) is 9.59 Å². The number of nitrogens with zero attached hydrogens (tertiary/aromatic N) is 3. The Morgan fingerprint density at radius 3 is 2.24 bits per heavy atom. The molecule has 4 aliphatic rings. The summed E-state index contributed by atoms with van der Waals surface area (Å²) in [6, 6.07) is 0.157. The molecule has 0 aromatic heterocycles. The van der Waals surface area contributed by atoms with Crippen molar-refractivity contribution in [2.24, 2.45) is 11.3 Å². The van der Waals surface area contributed by atoms with Crippen LogP contribution in [-0.2, 0) is 4.79 Å². The van der Waals surface area contributed by atoms with Crippen LogP contribution in [0.15, 0.2) is 0 Å². The second-order valence-electron chi connectivity index (χ2n) is 8.51. The van der Waals surface area contributed by atoms with Crippen LogP contribution in [0.3, 0.4) is 0 Å². The van der Waals surface area contributed by atoms with Gasteiger partial charge in [-0.2, -0.15) is 0 Å². The van der Waals surface area contributed by atoms with E-state index in [1.165, 1.54) is 6.42 Å². The summed E-state index contributed by atoms with van der Waals surface area (Å²) in [5, 5.41) is 3.48. The highest BCUT2D eigenvalue weighted by molar-refractivity contribution is 5.81. The van der Waals surface area contributed by atoms with Crippen LogP contribution in [0, 0.1) is 11.3 Å². The molecule has 1 N–H and O–H groups in total. The summed E-state index contributed by atoms with van der Waals surface area (Å²) in [5.74, 6) is 0.302. The smallest absolute Gasteiger partial charge is 0.320 e. The fraction of sp³-hybridized carbons (Fsp3) is 0.895. The summed E-state index contributed by atoms with van der Waals surface area (Å²) in [4.78, 5) is 31.6. The summed E-state index contributed by atoms with van der Waals surface area (Å²) in [6.45, 7) is 7.26. The normalized spacial score (nSPS) is 29.4. The number of nitrogens with one attached hydrogen (secondary N) is 1. The minimum Gasteiger partial charge on any atom is -0.342 e. The number of carbonyl (C=O) groups is 2. The van der Waals surface area contributed by atoms with Gasteiger partial charge in [-0.25, -0.2) is 4.79 Å². The first-order valence-corrected chi connectivity index (χ1v) is 10.2. The van der Waals surface area contributed by atoms with Gasteiger partial charge < -0.3 is 20.0 Å². The zero-order chi connectivity index (χ0) is 17.3. The van der Waals surface area contributed by atoms with Crippen LogP contribution in [0.5, 0.6) is 0 Å². The predicted octanol–water partition coefficient (Wildman–Crippen LogP) is 1.52. The Morgan fingerprint density at radius 2 is 1.56 bits per heavy atom. The number of hydrogen-bond donors (Lipinski definition) is 1. The molecule has 6 heteroatoms. The van der Waals surface area contributed by atoms with Crippen LogP contribution in [0.2, 0.25) is 0 Å². The predicted molar refractivity (Wildman–Crippen MR) is 96.2 cm³/mol. The molecule has 6 nitrogen and oxygen atoms in total. The van der Waals surface area contributed by atoms with Crippen molar-refractivity contribution in [3.8, 4) is 0 Å². The summed E-state index contributed by atoms with van der Waals surface area (Å²) in [6.07, 6.45) is 7.66. The van der Waals surface area contributed by atoms with E-state index < -0.39 is 0 Å². The number of carbonyl (C=O) groups excluding carboxylic acids is 2. The van der Waals surface area contributed by atoms with E-state index in [1.54, 1.807) is 0 Å². The molecular weight excluding hydrogens is 316 g/mol. The topological polar surface area (TPSA) is 55.9 Å². The number of rotatable bonds is 1. The molecule has 0 aromatic carbocycles. The Kier molecular flexibility index (Phi) is 4.89. The summed E-state index contributed by atoms with van der Waals surface area (Å²) in [7, 11) is 0. The second-order valence-corrected chi connectivity index (χ2v) is 8.51. The minimum atomic E-state index is 0.0102.